The minimum Gasteiger partial charge on any atom is -0.388 e. The van der Waals surface area contributed by atoms with Crippen LogP contribution in [0, 0.1) is 5.92 Å². The molecular formula is C21H25NO3. The maximum absolute atomic E-state index is 12.2. The third-order valence-corrected chi connectivity index (χ3v) is 4.70. The van der Waals surface area contributed by atoms with Crippen molar-refractivity contribution in [2.75, 3.05) is 13.2 Å². The second-order valence-electron chi connectivity index (χ2n) is 6.54. The van der Waals surface area contributed by atoms with Crippen molar-refractivity contribution in [3.05, 3.63) is 71.8 Å². The van der Waals surface area contributed by atoms with E-state index in [1.54, 1.807) is 0 Å². The molecule has 1 saturated heterocycles. The van der Waals surface area contributed by atoms with E-state index in [4.69, 9.17) is 4.74 Å². The van der Waals surface area contributed by atoms with Gasteiger partial charge < -0.3 is 15.2 Å². The molecule has 25 heavy (non-hydrogen) atoms. The molecule has 1 heterocycles. The van der Waals surface area contributed by atoms with E-state index >= 15 is 0 Å². The van der Waals surface area contributed by atoms with Crippen molar-refractivity contribution in [3.8, 4) is 0 Å². The standard InChI is InChI=1S/C21H25NO3/c23-19(16-8-3-1-4-9-16)14-20(24)22-15-18-12-7-13-25-21(18)17-10-5-2-6-11-17/h1-6,8-11,18-19,21,23H,7,12-15H2,(H,22,24). The van der Waals surface area contributed by atoms with E-state index < -0.39 is 6.10 Å². The molecule has 1 aliphatic heterocycles. The van der Waals surface area contributed by atoms with Crippen LogP contribution in [0.4, 0.5) is 0 Å². The Morgan fingerprint density at radius 2 is 1.80 bits per heavy atom. The van der Waals surface area contributed by atoms with Crippen LogP contribution in [0.1, 0.15) is 42.6 Å². The summed E-state index contributed by atoms with van der Waals surface area (Å²) >= 11 is 0. The molecule has 0 radical (unpaired) electrons. The Balaban J connectivity index is 1.53. The van der Waals surface area contributed by atoms with Crippen molar-refractivity contribution < 1.29 is 14.6 Å². The van der Waals surface area contributed by atoms with Gasteiger partial charge in [-0.2, -0.15) is 0 Å². The number of nitrogens with one attached hydrogen (secondary N) is 1. The lowest BCUT2D eigenvalue weighted by Gasteiger charge is -2.32. The molecule has 2 aromatic carbocycles. The number of carbonyl (C=O) groups is 1. The Kier molecular flexibility index (Phi) is 6.20. The molecule has 1 amide bonds. The third kappa shape index (κ3) is 4.91. The fourth-order valence-electron chi connectivity index (χ4n) is 3.35. The zero-order valence-electron chi connectivity index (χ0n) is 14.3. The van der Waals surface area contributed by atoms with E-state index in [-0.39, 0.29) is 24.3 Å². The lowest BCUT2D eigenvalue weighted by atomic mass is 9.89. The number of carbonyl (C=O) groups excluding carboxylic acids is 1. The van der Waals surface area contributed by atoms with E-state index in [1.807, 2.05) is 48.5 Å². The predicted molar refractivity (Wildman–Crippen MR) is 96.9 cm³/mol. The summed E-state index contributed by atoms with van der Waals surface area (Å²) in [6.07, 6.45) is 1.37. The van der Waals surface area contributed by atoms with Crippen LogP contribution in [0.25, 0.3) is 0 Å². The topological polar surface area (TPSA) is 58.6 Å². The number of benzene rings is 2. The molecule has 132 valence electrons. The fourth-order valence-corrected chi connectivity index (χ4v) is 3.35. The van der Waals surface area contributed by atoms with Crippen molar-refractivity contribution >= 4 is 5.91 Å². The second-order valence-corrected chi connectivity index (χ2v) is 6.54. The van der Waals surface area contributed by atoms with Crippen LogP contribution in [0.15, 0.2) is 60.7 Å². The van der Waals surface area contributed by atoms with Crippen molar-refractivity contribution in [1.29, 1.82) is 0 Å². The van der Waals surface area contributed by atoms with Gasteiger partial charge in [0.1, 0.15) is 0 Å². The summed E-state index contributed by atoms with van der Waals surface area (Å²) in [6.45, 7) is 1.33. The lowest BCUT2D eigenvalue weighted by molar-refractivity contribution is -0.123. The van der Waals surface area contributed by atoms with Gasteiger partial charge in [0.15, 0.2) is 0 Å². The molecule has 0 aliphatic carbocycles. The number of aliphatic hydroxyl groups is 1. The normalized spacial score (nSPS) is 21.5. The highest BCUT2D eigenvalue weighted by molar-refractivity contribution is 5.76. The maximum atomic E-state index is 12.2. The Labute approximate surface area is 148 Å². The Morgan fingerprint density at radius 1 is 1.12 bits per heavy atom. The van der Waals surface area contributed by atoms with Gasteiger partial charge in [-0.1, -0.05) is 60.7 Å². The monoisotopic (exact) mass is 339 g/mol. The zero-order valence-corrected chi connectivity index (χ0v) is 14.3. The van der Waals surface area contributed by atoms with Gasteiger partial charge in [0.25, 0.3) is 0 Å². The number of amides is 1. The highest BCUT2D eigenvalue weighted by Gasteiger charge is 2.27. The van der Waals surface area contributed by atoms with Gasteiger partial charge in [0.2, 0.25) is 5.91 Å². The average molecular weight is 339 g/mol. The molecule has 0 bridgehead atoms. The summed E-state index contributed by atoms with van der Waals surface area (Å²) in [5.74, 6) is 0.128. The van der Waals surface area contributed by atoms with Crippen LogP contribution in [0.5, 0.6) is 0 Å². The van der Waals surface area contributed by atoms with Crippen LogP contribution < -0.4 is 5.32 Å². The molecule has 3 atom stereocenters. The summed E-state index contributed by atoms with van der Waals surface area (Å²) in [5.41, 5.74) is 1.92. The Hall–Kier alpha value is -2.17. The van der Waals surface area contributed by atoms with Crippen LogP contribution in [0.2, 0.25) is 0 Å². The van der Waals surface area contributed by atoms with Crippen molar-refractivity contribution in [2.45, 2.75) is 31.5 Å². The molecule has 3 rings (SSSR count). The zero-order chi connectivity index (χ0) is 17.5. The molecule has 0 aromatic heterocycles. The van der Waals surface area contributed by atoms with Gasteiger partial charge in [0.05, 0.1) is 18.6 Å². The molecule has 4 nitrogen and oxygen atoms in total. The second kappa shape index (κ2) is 8.79. The summed E-state index contributed by atoms with van der Waals surface area (Å²) in [7, 11) is 0. The van der Waals surface area contributed by atoms with Crippen molar-refractivity contribution in [2.24, 2.45) is 5.92 Å². The van der Waals surface area contributed by atoms with Crippen LogP contribution in [0.3, 0.4) is 0 Å². The third-order valence-electron chi connectivity index (χ3n) is 4.70. The molecule has 1 fully saturated rings. The van der Waals surface area contributed by atoms with Gasteiger partial charge in [-0.05, 0) is 24.0 Å². The summed E-state index contributed by atoms with van der Waals surface area (Å²) in [4.78, 5) is 12.2. The smallest absolute Gasteiger partial charge is 0.222 e. The Morgan fingerprint density at radius 3 is 2.52 bits per heavy atom. The summed E-state index contributed by atoms with van der Waals surface area (Å²) < 4.78 is 5.96. The van der Waals surface area contributed by atoms with Crippen molar-refractivity contribution in [1.82, 2.24) is 5.32 Å². The first-order valence-electron chi connectivity index (χ1n) is 8.90. The average Bonchev–Trinajstić information content (AvgIpc) is 2.68. The molecule has 1 aliphatic rings. The van der Waals surface area contributed by atoms with E-state index in [2.05, 4.69) is 17.4 Å². The first-order chi connectivity index (χ1) is 12.2. The first kappa shape index (κ1) is 17.6. The van der Waals surface area contributed by atoms with E-state index in [1.165, 1.54) is 0 Å². The summed E-state index contributed by atoms with van der Waals surface area (Å²) in [5, 5.41) is 13.1. The minimum atomic E-state index is -0.770. The molecule has 4 heteroatoms. The van der Waals surface area contributed by atoms with Crippen molar-refractivity contribution in [3.63, 3.8) is 0 Å². The highest BCUT2D eigenvalue weighted by Crippen LogP contribution is 2.33. The van der Waals surface area contributed by atoms with Gasteiger partial charge in [-0.3, -0.25) is 4.79 Å². The van der Waals surface area contributed by atoms with Crippen LogP contribution >= 0.6 is 0 Å². The van der Waals surface area contributed by atoms with E-state index in [9.17, 15) is 9.90 Å². The summed E-state index contributed by atoms with van der Waals surface area (Å²) in [6, 6.07) is 19.4. The van der Waals surface area contributed by atoms with Gasteiger partial charge in [-0.15, -0.1) is 0 Å². The molecule has 0 spiro atoms. The Bertz CT molecular complexity index is 659. The molecule has 0 saturated carbocycles. The van der Waals surface area contributed by atoms with Crippen LogP contribution in [-0.4, -0.2) is 24.2 Å². The highest BCUT2D eigenvalue weighted by atomic mass is 16.5. The fraction of sp³-hybridized carbons (Fsp3) is 0.381. The number of ether oxygens (including phenoxy) is 1. The quantitative estimate of drug-likeness (QED) is 0.848. The maximum Gasteiger partial charge on any atom is 0.222 e. The number of hydrogen-bond acceptors (Lipinski definition) is 3. The molecule has 2 N–H and O–H groups in total. The van der Waals surface area contributed by atoms with Gasteiger partial charge in [0, 0.05) is 19.1 Å². The number of aliphatic hydroxyl groups excluding tert-OH is 1. The van der Waals surface area contributed by atoms with Gasteiger partial charge >= 0.3 is 0 Å². The van der Waals surface area contributed by atoms with Gasteiger partial charge in [-0.25, -0.2) is 0 Å². The van der Waals surface area contributed by atoms with E-state index in [0.29, 0.717) is 6.54 Å². The SMILES string of the molecule is O=C(CC(O)c1ccccc1)NCC1CCCOC1c1ccccc1. The lowest BCUT2D eigenvalue weighted by Crippen LogP contribution is -2.35. The van der Waals surface area contributed by atoms with E-state index in [0.717, 1.165) is 30.6 Å². The number of rotatable bonds is 6. The predicted octanol–water partition coefficient (Wildman–Crippen LogP) is 3.39. The molecule has 3 unspecified atom stereocenters. The van der Waals surface area contributed by atoms with Crippen LogP contribution in [-0.2, 0) is 9.53 Å². The first-order valence-corrected chi connectivity index (χ1v) is 8.90. The molecule has 2 aromatic rings. The number of hydrogen-bond donors (Lipinski definition) is 2. The minimum absolute atomic E-state index is 0.0225. The largest absolute Gasteiger partial charge is 0.388 e. The molecular weight excluding hydrogens is 314 g/mol.